The van der Waals surface area contributed by atoms with E-state index in [1.807, 2.05) is 0 Å². The van der Waals surface area contributed by atoms with Crippen molar-refractivity contribution in [1.82, 2.24) is 10.0 Å². The summed E-state index contributed by atoms with van der Waals surface area (Å²) in [4.78, 5) is 4.10. The lowest BCUT2D eigenvalue weighted by Gasteiger charge is -2.04. The van der Waals surface area contributed by atoms with Crippen molar-refractivity contribution in [2.24, 2.45) is 10.7 Å². The third kappa shape index (κ3) is 8.61. The standard InChI is InChI=1S/C9H20N4O2S.HI/c1-2-16(14,15)12-7-3-6-11-9(10)13-8-4-5-8;/h8,12H,2-7H2,1H3,(H3,10,11,13);1H. The van der Waals surface area contributed by atoms with Gasteiger partial charge >= 0.3 is 0 Å². The topological polar surface area (TPSA) is 96.6 Å². The summed E-state index contributed by atoms with van der Waals surface area (Å²) in [5, 5.41) is 3.06. The zero-order valence-corrected chi connectivity index (χ0v) is 13.1. The van der Waals surface area contributed by atoms with E-state index in [-0.39, 0.29) is 29.7 Å². The Morgan fingerprint density at radius 3 is 2.65 bits per heavy atom. The van der Waals surface area contributed by atoms with Gasteiger partial charge in [0, 0.05) is 19.1 Å². The van der Waals surface area contributed by atoms with Crippen molar-refractivity contribution < 1.29 is 8.42 Å². The van der Waals surface area contributed by atoms with E-state index in [4.69, 9.17) is 5.73 Å². The molecule has 1 saturated carbocycles. The maximum Gasteiger partial charge on any atom is 0.211 e. The van der Waals surface area contributed by atoms with Crippen LogP contribution in [0, 0.1) is 0 Å². The van der Waals surface area contributed by atoms with Crippen LogP contribution < -0.4 is 15.8 Å². The van der Waals surface area contributed by atoms with Crippen LogP contribution in [0.15, 0.2) is 4.99 Å². The van der Waals surface area contributed by atoms with Gasteiger partial charge in [-0.15, -0.1) is 24.0 Å². The van der Waals surface area contributed by atoms with Gasteiger partial charge in [0.15, 0.2) is 5.96 Å². The molecule has 17 heavy (non-hydrogen) atoms. The molecule has 1 aliphatic carbocycles. The summed E-state index contributed by atoms with van der Waals surface area (Å²) in [7, 11) is -3.07. The van der Waals surface area contributed by atoms with Crippen LogP contribution in [0.5, 0.6) is 0 Å². The summed E-state index contributed by atoms with van der Waals surface area (Å²) >= 11 is 0. The number of nitrogens with two attached hydrogens (primary N) is 1. The number of nitrogens with one attached hydrogen (secondary N) is 2. The molecule has 0 unspecified atom stereocenters. The first-order valence-corrected chi connectivity index (χ1v) is 7.22. The van der Waals surface area contributed by atoms with E-state index in [2.05, 4.69) is 15.0 Å². The minimum atomic E-state index is -3.07. The van der Waals surface area contributed by atoms with Gasteiger partial charge in [-0.3, -0.25) is 4.99 Å². The van der Waals surface area contributed by atoms with E-state index in [1.165, 1.54) is 0 Å². The predicted molar refractivity (Wildman–Crippen MR) is 80.1 cm³/mol. The Morgan fingerprint density at radius 2 is 2.12 bits per heavy atom. The number of guanidine groups is 1. The highest BCUT2D eigenvalue weighted by Crippen LogP contribution is 2.17. The number of sulfonamides is 1. The normalized spacial score (nSPS) is 16.4. The summed E-state index contributed by atoms with van der Waals surface area (Å²) in [5.41, 5.74) is 5.61. The smallest absolute Gasteiger partial charge is 0.211 e. The Balaban J connectivity index is 0.00000256. The van der Waals surface area contributed by atoms with Gasteiger partial charge in [0.2, 0.25) is 10.0 Å². The highest BCUT2D eigenvalue weighted by molar-refractivity contribution is 14.0. The van der Waals surface area contributed by atoms with Crippen LogP contribution in [0.2, 0.25) is 0 Å². The second-order valence-electron chi connectivity index (χ2n) is 3.84. The fourth-order valence-corrected chi connectivity index (χ4v) is 1.75. The lowest BCUT2D eigenvalue weighted by molar-refractivity contribution is 0.581. The predicted octanol–water partition coefficient (Wildman–Crippen LogP) is 0.000500. The van der Waals surface area contributed by atoms with Crippen LogP contribution in [0.4, 0.5) is 0 Å². The zero-order valence-electron chi connectivity index (χ0n) is 9.98. The van der Waals surface area contributed by atoms with E-state index in [1.54, 1.807) is 6.92 Å². The average molecular weight is 376 g/mol. The summed E-state index contributed by atoms with van der Waals surface area (Å²) in [5.74, 6) is 0.572. The molecule has 0 atom stereocenters. The molecule has 1 fully saturated rings. The Morgan fingerprint density at radius 1 is 1.47 bits per heavy atom. The minimum Gasteiger partial charge on any atom is -0.370 e. The van der Waals surface area contributed by atoms with Gasteiger partial charge in [0.05, 0.1) is 5.75 Å². The van der Waals surface area contributed by atoms with Crippen LogP contribution >= 0.6 is 24.0 Å². The van der Waals surface area contributed by atoms with Gasteiger partial charge < -0.3 is 11.1 Å². The first-order valence-electron chi connectivity index (χ1n) is 5.57. The molecule has 0 aromatic heterocycles. The largest absolute Gasteiger partial charge is 0.370 e. The first-order chi connectivity index (χ1) is 7.53. The number of rotatable bonds is 7. The summed E-state index contributed by atoms with van der Waals surface area (Å²) in [6.45, 7) is 2.56. The molecule has 0 spiro atoms. The molecule has 0 bridgehead atoms. The van der Waals surface area contributed by atoms with Gasteiger partial charge in [-0.25, -0.2) is 13.1 Å². The van der Waals surface area contributed by atoms with Crippen molar-refractivity contribution in [1.29, 1.82) is 0 Å². The maximum absolute atomic E-state index is 11.1. The molecule has 0 heterocycles. The molecule has 1 rings (SSSR count). The molecule has 0 aromatic carbocycles. The number of aliphatic imine (C=N–C) groups is 1. The Labute approximate surface area is 120 Å². The fourth-order valence-electron chi connectivity index (χ4n) is 1.09. The Hall–Kier alpha value is -0.0900. The molecule has 0 aromatic rings. The highest BCUT2D eigenvalue weighted by atomic mass is 127. The Bertz CT molecular complexity index is 341. The molecule has 0 radical (unpaired) electrons. The molecular weight excluding hydrogens is 355 g/mol. The summed E-state index contributed by atoms with van der Waals surface area (Å²) in [6.07, 6.45) is 2.98. The molecule has 1 aliphatic rings. The minimum absolute atomic E-state index is 0. The number of nitrogens with zero attached hydrogens (tertiary/aromatic N) is 1. The second kappa shape index (κ2) is 8.09. The maximum atomic E-state index is 11.1. The molecule has 0 saturated heterocycles. The van der Waals surface area contributed by atoms with Crippen molar-refractivity contribution in [3.05, 3.63) is 0 Å². The van der Waals surface area contributed by atoms with Crippen LogP contribution in [0.25, 0.3) is 0 Å². The molecule has 0 aliphatic heterocycles. The SMILES string of the molecule is CCS(=O)(=O)NCCCN=C(N)NC1CC1.I. The van der Waals surface area contributed by atoms with E-state index in [0.717, 1.165) is 12.8 Å². The number of hydrogen-bond donors (Lipinski definition) is 3. The van der Waals surface area contributed by atoms with Crippen molar-refractivity contribution in [2.45, 2.75) is 32.2 Å². The van der Waals surface area contributed by atoms with Crippen LogP contribution in [-0.4, -0.2) is 39.3 Å². The van der Waals surface area contributed by atoms with Crippen LogP contribution in [0.3, 0.4) is 0 Å². The van der Waals surface area contributed by atoms with Gasteiger partial charge in [0.25, 0.3) is 0 Å². The van der Waals surface area contributed by atoms with Gasteiger partial charge in [-0.05, 0) is 26.2 Å². The lowest BCUT2D eigenvalue weighted by Crippen LogP contribution is -2.33. The van der Waals surface area contributed by atoms with Crippen molar-refractivity contribution >= 4 is 40.0 Å². The summed E-state index contributed by atoms with van der Waals surface area (Å²) in [6, 6.07) is 0.502. The molecule has 6 nitrogen and oxygen atoms in total. The Kier molecular flexibility index (Phi) is 8.05. The molecule has 0 amide bonds. The lowest BCUT2D eigenvalue weighted by atomic mass is 10.4. The molecule has 102 valence electrons. The third-order valence-corrected chi connectivity index (χ3v) is 3.65. The molecule has 4 N–H and O–H groups in total. The number of hydrogen-bond acceptors (Lipinski definition) is 3. The van der Waals surface area contributed by atoms with Gasteiger partial charge in [-0.1, -0.05) is 0 Å². The van der Waals surface area contributed by atoms with Gasteiger partial charge in [-0.2, -0.15) is 0 Å². The van der Waals surface area contributed by atoms with E-state index >= 15 is 0 Å². The van der Waals surface area contributed by atoms with Crippen molar-refractivity contribution in [3.63, 3.8) is 0 Å². The van der Waals surface area contributed by atoms with Crippen LogP contribution in [0.1, 0.15) is 26.2 Å². The second-order valence-corrected chi connectivity index (χ2v) is 5.93. The van der Waals surface area contributed by atoms with E-state index in [0.29, 0.717) is 31.5 Å². The van der Waals surface area contributed by atoms with Crippen LogP contribution in [-0.2, 0) is 10.0 Å². The highest BCUT2D eigenvalue weighted by Gasteiger charge is 2.21. The molecular formula is C9H21IN4O2S. The fraction of sp³-hybridized carbons (Fsp3) is 0.889. The monoisotopic (exact) mass is 376 g/mol. The summed E-state index contributed by atoms with van der Waals surface area (Å²) < 4.78 is 24.6. The van der Waals surface area contributed by atoms with E-state index < -0.39 is 10.0 Å². The van der Waals surface area contributed by atoms with Crippen molar-refractivity contribution in [3.8, 4) is 0 Å². The average Bonchev–Trinajstić information content (AvgIpc) is 3.01. The molecule has 8 heteroatoms. The third-order valence-electron chi connectivity index (χ3n) is 2.25. The van der Waals surface area contributed by atoms with Gasteiger partial charge in [0.1, 0.15) is 0 Å². The van der Waals surface area contributed by atoms with Crippen molar-refractivity contribution in [2.75, 3.05) is 18.8 Å². The quantitative estimate of drug-likeness (QED) is 0.252. The number of halogens is 1. The zero-order chi connectivity index (χ0) is 12.0. The van der Waals surface area contributed by atoms with E-state index in [9.17, 15) is 8.42 Å². The first kappa shape index (κ1) is 16.9.